The Bertz CT molecular complexity index is 1730. The van der Waals surface area contributed by atoms with Crippen LogP contribution in [0.4, 0.5) is 4.79 Å². The fraction of sp³-hybridized carbons (Fsp3) is 0.486. The molecular formula is C37H45N7O6. The molecule has 6 rings (SSSR count). The van der Waals surface area contributed by atoms with Crippen LogP contribution in [0.25, 0.3) is 11.1 Å². The Morgan fingerprint density at radius 1 is 1.04 bits per heavy atom. The van der Waals surface area contributed by atoms with E-state index in [2.05, 4.69) is 38.2 Å². The second-order valence-electron chi connectivity index (χ2n) is 14.5. The number of allylic oxidation sites excluding steroid dienone is 1. The Kier molecular flexibility index (Phi) is 10.0. The number of alkyl carbamates (subject to hydrolysis) is 1. The molecule has 1 aliphatic carbocycles. The minimum absolute atomic E-state index is 0.0778. The summed E-state index contributed by atoms with van der Waals surface area (Å²) < 4.78 is 5.47. The van der Waals surface area contributed by atoms with Crippen LogP contribution in [0.15, 0.2) is 66.7 Å². The molecule has 0 bridgehead atoms. The lowest BCUT2D eigenvalue weighted by Gasteiger charge is -2.30. The number of carbonyl (C=O) groups excluding carboxylic acids is 3. The van der Waals surface area contributed by atoms with Crippen LogP contribution in [0, 0.1) is 5.92 Å². The second kappa shape index (κ2) is 14.4. The lowest BCUT2D eigenvalue weighted by molar-refractivity contribution is -0.145. The van der Waals surface area contributed by atoms with E-state index in [9.17, 15) is 24.3 Å². The Labute approximate surface area is 291 Å². The number of hydrogen-bond acceptors (Lipinski definition) is 8. The number of amides is 3. The molecular weight excluding hydrogens is 638 g/mol. The summed E-state index contributed by atoms with van der Waals surface area (Å²) in [4.78, 5) is 56.3. The molecule has 1 saturated heterocycles. The van der Waals surface area contributed by atoms with Crippen LogP contribution in [0.3, 0.4) is 0 Å². The fourth-order valence-electron chi connectivity index (χ4n) is 6.80. The van der Waals surface area contributed by atoms with Gasteiger partial charge in [0.15, 0.2) is 5.82 Å². The van der Waals surface area contributed by atoms with Gasteiger partial charge in [-0.15, -0.1) is 10.2 Å². The van der Waals surface area contributed by atoms with Gasteiger partial charge >= 0.3 is 12.1 Å². The molecule has 2 aliphatic heterocycles. The zero-order valence-corrected chi connectivity index (χ0v) is 28.7. The highest BCUT2D eigenvalue weighted by Crippen LogP contribution is 2.45. The number of carboxylic acids is 1. The Balaban J connectivity index is 1.23. The number of aliphatic carboxylic acids is 1. The molecule has 13 heteroatoms. The second-order valence-corrected chi connectivity index (χ2v) is 14.5. The summed E-state index contributed by atoms with van der Waals surface area (Å²) in [7, 11) is 0. The monoisotopic (exact) mass is 683 g/mol. The first-order valence-electron chi connectivity index (χ1n) is 17.4. The third-order valence-corrected chi connectivity index (χ3v) is 9.55. The number of rotatable bonds is 6. The molecule has 0 spiro atoms. The van der Waals surface area contributed by atoms with E-state index in [1.54, 1.807) is 20.8 Å². The number of tetrazole rings is 1. The molecule has 1 saturated carbocycles. The number of aromatic nitrogens is 4. The topological polar surface area (TPSA) is 169 Å². The third-order valence-electron chi connectivity index (χ3n) is 9.55. The van der Waals surface area contributed by atoms with Crippen molar-refractivity contribution >= 4 is 23.9 Å². The van der Waals surface area contributed by atoms with Crippen LogP contribution in [0.2, 0.25) is 0 Å². The number of fused-ring (bicyclic) bond motifs is 2. The quantitative estimate of drug-likeness (QED) is 0.318. The molecule has 264 valence electrons. The summed E-state index contributed by atoms with van der Waals surface area (Å²) in [5, 5.41) is 28.9. The van der Waals surface area contributed by atoms with Gasteiger partial charge in [0.05, 0.1) is 6.04 Å². The predicted octanol–water partition coefficient (Wildman–Crippen LogP) is 4.45. The zero-order valence-electron chi connectivity index (χ0n) is 28.7. The smallest absolute Gasteiger partial charge is 0.408 e. The number of benzene rings is 2. The molecule has 0 radical (unpaired) electrons. The van der Waals surface area contributed by atoms with Crippen molar-refractivity contribution in [3.8, 4) is 11.1 Å². The number of ether oxygens (including phenoxy) is 1. The maximum Gasteiger partial charge on any atom is 0.408 e. The summed E-state index contributed by atoms with van der Waals surface area (Å²) in [5.74, 6) is -1.97. The van der Waals surface area contributed by atoms with Gasteiger partial charge in [-0.3, -0.25) is 9.59 Å². The van der Waals surface area contributed by atoms with Crippen LogP contribution < -0.4 is 10.6 Å². The molecule has 5 atom stereocenters. The molecule has 13 nitrogen and oxygen atoms in total. The molecule has 3 aromatic rings. The van der Waals surface area contributed by atoms with Crippen LogP contribution in [-0.2, 0) is 25.5 Å². The molecule has 2 fully saturated rings. The van der Waals surface area contributed by atoms with E-state index in [-0.39, 0.29) is 25.3 Å². The predicted molar refractivity (Wildman–Crippen MR) is 184 cm³/mol. The van der Waals surface area contributed by atoms with Gasteiger partial charge in [-0.25, -0.2) is 9.59 Å². The average Bonchev–Trinajstić information content (AvgIpc) is 3.36. The van der Waals surface area contributed by atoms with Crippen molar-refractivity contribution in [1.82, 2.24) is 35.7 Å². The van der Waals surface area contributed by atoms with E-state index in [1.807, 2.05) is 54.6 Å². The van der Waals surface area contributed by atoms with Crippen molar-refractivity contribution in [1.29, 1.82) is 0 Å². The molecule has 3 N–H and O–H groups in total. The molecule has 0 unspecified atom stereocenters. The summed E-state index contributed by atoms with van der Waals surface area (Å²) in [5.41, 5.74) is 1.02. The van der Waals surface area contributed by atoms with Crippen LogP contribution >= 0.6 is 0 Å². The summed E-state index contributed by atoms with van der Waals surface area (Å²) in [6.07, 6.45) is 7.39. The van der Waals surface area contributed by atoms with Crippen LogP contribution in [0.5, 0.6) is 0 Å². The van der Waals surface area contributed by atoms with E-state index >= 15 is 0 Å². The van der Waals surface area contributed by atoms with Gasteiger partial charge in [-0.05, 0) is 68.4 Å². The first kappa shape index (κ1) is 34.8. The fourth-order valence-corrected chi connectivity index (χ4v) is 6.80. The zero-order chi connectivity index (χ0) is 35.5. The van der Waals surface area contributed by atoms with E-state index in [1.165, 1.54) is 9.70 Å². The lowest BCUT2D eigenvalue weighted by Crippen LogP contribution is -2.56. The van der Waals surface area contributed by atoms with E-state index < -0.39 is 53.1 Å². The summed E-state index contributed by atoms with van der Waals surface area (Å²) in [6, 6.07) is 15.8. The van der Waals surface area contributed by atoms with Crippen LogP contribution in [-0.4, -0.2) is 83.9 Å². The highest BCUT2D eigenvalue weighted by atomic mass is 16.6. The van der Waals surface area contributed by atoms with Crippen molar-refractivity contribution in [2.75, 3.05) is 6.54 Å². The Morgan fingerprint density at radius 2 is 1.78 bits per heavy atom. The van der Waals surface area contributed by atoms with Gasteiger partial charge in [0.25, 0.3) is 0 Å². The van der Waals surface area contributed by atoms with Gasteiger partial charge in [0.2, 0.25) is 11.8 Å². The highest BCUT2D eigenvalue weighted by Gasteiger charge is 2.61. The summed E-state index contributed by atoms with van der Waals surface area (Å²) in [6.45, 7) is 5.31. The van der Waals surface area contributed by atoms with Crippen molar-refractivity contribution in [2.45, 2.75) is 101 Å². The third kappa shape index (κ3) is 8.03. The van der Waals surface area contributed by atoms with Gasteiger partial charge < -0.3 is 25.4 Å². The van der Waals surface area contributed by atoms with E-state index in [4.69, 9.17) is 4.74 Å². The Morgan fingerprint density at radius 3 is 2.50 bits per heavy atom. The van der Waals surface area contributed by atoms with E-state index in [0.29, 0.717) is 25.1 Å². The molecule has 3 amide bonds. The number of nitrogens with one attached hydrogen (secondary N) is 2. The van der Waals surface area contributed by atoms with Gasteiger partial charge in [-0.2, -0.15) is 4.80 Å². The molecule has 2 aromatic carbocycles. The molecule has 1 aromatic heterocycles. The van der Waals surface area contributed by atoms with Gasteiger partial charge in [0, 0.05) is 25.3 Å². The normalized spacial score (nSPS) is 26.4. The SMILES string of the molecule is CC(C)(C)OC(=O)N[C@H]1CCCCC/C=C\[C@H]2C[C@@]2(C(=O)O)NC(=O)[C@@H]2C[C@@H](n3nnc(Cc4ccc(-c5ccccc5)cc4)n3)CN2C1=O. The molecule has 3 aliphatic rings. The molecule has 50 heavy (non-hydrogen) atoms. The average molecular weight is 684 g/mol. The van der Waals surface area contributed by atoms with Crippen LogP contribution in [0.1, 0.15) is 83.1 Å². The number of carbonyl (C=O) groups is 4. The first-order chi connectivity index (χ1) is 23.9. The standard InChI is InChI=1S/C37H45N7O6/c1-36(2,3)50-35(49)38-29-15-11-6-4-5-10-14-27-22-37(27,34(47)48)39-32(45)30-21-28(23-43(30)33(29)46)44-41-31(40-42-44)20-24-16-18-26(19-17-24)25-12-8-7-9-13-25/h7-10,12-14,16-19,27-30H,4-6,11,15,20-23H2,1-3H3,(H,38,49)(H,39,45)(H,47,48)/b14-10-/t27-,28+,29-,30-,37+/m0/s1. The molecule has 3 heterocycles. The first-order valence-corrected chi connectivity index (χ1v) is 17.4. The number of nitrogens with zero attached hydrogens (tertiary/aromatic N) is 5. The number of hydrogen-bond donors (Lipinski definition) is 3. The van der Waals surface area contributed by atoms with Crippen molar-refractivity contribution in [2.24, 2.45) is 5.92 Å². The largest absolute Gasteiger partial charge is 0.479 e. The van der Waals surface area contributed by atoms with Crippen molar-refractivity contribution in [3.63, 3.8) is 0 Å². The van der Waals surface area contributed by atoms with E-state index in [0.717, 1.165) is 36.0 Å². The maximum absolute atomic E-state index is 14.3. The van der Waals surface area contributed by atoms with Gasteiger partial charge in [0.1, 0.15) is 23.2 Å². The minimum atomic E-state index is -1.43. The lowest BCUT2D eigenvalue weighted by atomic mass is 10.0. The minimum Gasteiger partial charge on any atom is -0.479 e. The van der Waals surface area contributed by atoms with Gasteiger partial charge in [-0.1, -0.05) is 79.6 Å². The maximum atomic E-state index is 14.3. The van der Waals surface area contributed by atoms with Crippen molar-refractivity contribution in [3.05, 3.63) is 78.1 Å². The number of carboxylic acid groups (broad SMARTS) is 1. The van der Waals surface area contributed by atoms with Crippen molar-refractivity contribution < 1.29 is 29.0 Å². The Hall–Kier alpha value is -5.07. The summed E-state index contributed by atoms with van der Waals surface area (Å²) >= 11 is 0. The highest BCUT2D eigenvalue weighted by molar-refractivity contribution is 5.96.